The van der Waals surface area contributed by atoms with Crippen LogP contribution in [0.1, 0.15) is 23.2 Å². The number of carbonyl (C=O) groups is 1. The van der Waals surface area contributed by atoms with Crippen LogP contribution in [0.5, 0.6) is 0 Å². The molecular weight excluding hydrogens is 262 g/mol. The van der Waals surface area contributed by atoms with Crippen molar-refractivity contribution < 1.29 is 14.8 Å². The molecule has 1 aromatic heterocycles. The Morgan fingerprint density at radius 2 is 2.35 bits per heavy atom. The van der Waals surface area contributed by atoms with Crippen molar-refractivity contribution >= 4 is 17.5 Å². The molecule has 104 valence electrons. The molecule has 0 atom stereocenters. The first-order chi connectivity index (χ1) is 9.52. The molecule has 0 spiro atoms. The van der Waals surface area contributed by atoms with Gasteiger partial charge < -0.3 is 10.0 Å². The minimum Gasteiger partial charge on any atom is -0.477 e. The zero-order valence-corrected chi connectivity index (χ0v) is 10.7. The number of nitro groups is 1. The molecule has 0 unspecified atom stereocenters. The first kappa shape index (κ1) is 13.8. The van der Waals surface area contributed by atoms with Gasteiger partial charge in [0, 0.05) is 12.6 Å². The van der Waals surface area contributed by atoms with E-state index < -0.39 is 16.6 Å². The molecule has 1 saturated carbocycles. The summed E-state index contributed by atoms with van der Waals surface area (Å²) in [7, 11) is 0. The smallest absolute Gasteiger partial charge is 0.342 e. The molecule has 0 amide bonds. The second-order valence-corrected chi connectivity index (χ2v) is 4.65. The van der Waals surface area contributed by atoms with Gasteiger partial charge in [-0.25, -0.2) is 9.78 Å². The monoisotopic (exact) mass is 275 g/mol. The van der Waals surface area contributed by atoms with Crippen LogP contribution >= 0.6 is 0 Å². The molecule has 1 heterocycles. The number of terminal acetylenes is 1. The van der Waals surface area contributed by atoms with Crippen LogP contribution in [0.4, 0.5) is 11.5 Å². The van der Waals surface area contributed by atoms with Crippen LogP contribution in [-0.4, -0.2) is 34.1 Å². The van der Waals surface area contributed by atoms with Crippen molar-refractivity contribution in [2.24, 2.45) is 5.92 Å². The third-order valence-corrected chi connectivity index (χ3v) is 3.08. The van der Waals surface area contributed by atoms with E-state index in [4.69, 9.17) is 11.5 Å². The lowest BCUT2D eigenvalue weighted by Gasteiger charge is -2.21. The summed E-state index contributed by atoms with van der Waals surface area (Å²) in [5.74, 6) is 2.03. The summed E-state index contributed by atoms with van der Waals surface area (Å²) in [5.41, 5.74) is -0.897. The molecule has 7 nitrogen and oxygen atoms in total. The zero-order chi connectivity index (χ0) is 14.7. The number of anilines is 1. The predicted molar refractivity (Wildman–Crippen MR) is 71.6 cm³/mol. The summed E-state index contributed by atoms with van der Waals surface area (Å²) in [6, 6.07) is 1.21. The Hall–Kier alpha value is -2.62. The molecule has 1 aliphatic carbocycles. The second kappa shape index (κ2) is 5.57. The van der Waals surface area contributed by atoms with Crippen molar-refractivity contribution in [3.05, 3.63) is 27.9 Å². The highest BCUT2D eigenvalue weighted by molar-refractivity contribution is 5.93. The summed E-state index contributed by atoms with van der Waals surface area (Å²) < 4.78 is 0. The van der Waals surface area contributed by atoms with Crippen molar-refractivity contribution in [1.29, 1.82) is 0 Å². The maximum atomic E-state index is 11.1. The van der Waals surface area contributed by atoms with Gasteiger partial charge in [0.2, 0.25) is 0 Å². The number of nitrogens with zero attached hydrogens (tertiary/aromatic N) is 3. The Balaban J connectivity index is 2.34. The topological polar surface area (TPSA) is 96.6 Å². The SMILES string of the molecule is C#CCN(CC1CC1)c1cc(C(=O)O)c([N+](=O)[O-])cn1. The van der Waals surface area contributed by atoms with Crippen LogP contribution in [0.15, 0.2) is 12.3 Å². The molecule has 1 aromatic rings. The number of aromatic nitrogens is 1. The van der Waals surface area contributed by atoms with Crippen molar-refractivity contribution in [2.45, 2.75) is 12.8 Å². The van der Waals surface area contributed by atoms with E-state index in [9.17, 15) is 14.9 Å². The highest BCUT2D eigenvalue weighted by atomic mass is 16.6. The number of carboxylic acids is 1. The maximum Gasteiger partial charge on any atom is 0.342 e. The molecule has 0 aliphatic heterocycles. The molecule has 1 aliphatic rings. The van der Waals surface area contributed by atoms with E-state index in [1.165, 1.54) is 6.07 Å². The van der Waals surface area contributed by atoms with E-state index in [-0.39, 0.29) is 5.56 Å². The van der Waals surface area contributed by atoms with Crippen molar-refractivity contribution in [3.8, 4) is 12.3 Å². The number of hydrogen-bond donors (Lipinski definition) is 1. The highest BCUT2D eigenvalue weighted by Gasteiger charge is 2.27. The molecule has 0 radical (unpaired) electrons. The van der Waals surface area contributed by atoms with Gasteiger partial charge in [0.1, 0.15) is 17.6 Å². The Kier molecular flexibility index (Phi) is 3.84. The lowest BCUT2D eigenvalue weighted by molar-refractivity contribution is -0.385. The summed E-state index contributed by atoms with van der Waals surface area (Å²) in [6.07, 6.45) is 8.48. The fourth-order valence-electron chi connectivity index (χ4n) is 1.89. The third-order valence-electron chi connectivity index (χ3n) is 3.08. The summed E-state index contributed by atoms with van der Waals surface area (Å²) >= 11 is 0. The van der Waals surface area contributed by atoms with Crippen LogP contribution < -0.4 is 4.90 Å². The molecule has 2 rings (SSSR count). The van der Waals surface area contributed by atoms with Gasteiger partial charge in [-0.15, -0.1) is 6.42 Å². The van der Waals surface area contributed by atoms with E-state index >= 15 is 0 Å². The summed E-state index contributed by atoms with van der Waals surface area (Å²) in [6.45, 7) is 0.981. The molecular formula is C13H13N3O4. The number of rotatable bonds is 6. The first-order valence-electron chi connectivity index (χ1n) is 6.09. The standard InChI is InChI=1S/C13H13N3O4/c1-2-5-15(8-9-3-4-9)12-6-10(13(17)18)11(7-14-12)16(19)20/h1,6-7,9H,3-5,8H2,(H,17,18). The van der Waals surface area contributed by atoms with Gasteiger partial charge in [-0.1, -0.05) is 5.92 Å². The second-order valence-electron chi connectivity index (χ2n) is 4.65. The van der Waals surface area contributed by atoms with Crippen molar-refractivity contribution in [2.75, 3.05) is 18.0 Å². The average Bonchev–Trinajstić information content (AvgIpc) is 3.21. The zero-order valence-electron chi connectivity index (χ0n) is 10.7. The Labute approximate surface area is 115 Å². The van der Waals surface area contributed by atoms with Gasteiger partial charge >= 0.3 is 11.7 Å². The van der Waals surface area contributed by atoms with Crippen molar-refractivity contribution in [3.63, 3.8) is 0 Å². The average molecular weight is 275 g/mol. The van der Waals surface area contributed by atoms with E-state index in [1.54, 1.807) is 4.90 Å². The van der Waals surface area contributed by atoms with E-state index in [1.807, 2.05) is 0 Å². The first-order valence-corrected chi connectivity index (χ1v) is 6.09. The molecule has 1 fully saturated rings. The van der Waals surface area contributed by atoms with E-state index in [2.05, 4.69) is 10.9 Å². The minimum atomic E-state index is -1.35. The Morgan fingerprint density at radius 1 is 1.65 bits per heavy atom. The fourth-order valence-corrected chi connectivity index (χ4v) is 1.89. The van der Waals surface area contributed by atoms with Crippen LogP contribution in [0.2, 0.25) is 0 Å². The lowest BCUT2D eigenvalue weighted by atomic mass is 10.2. The maximum absolute atomic E-state index is 11.1. The summed E-state index contributed by atoms with van der Waals surface area (Å²) in [4.78, 5) is 26.9. The minimum absolute atomic E-state index is 0.292. The quantitative estimate of drug-likeness (QED) is 0.480. The Morgan fingerprint density at radius 3 is 2.85 bits per heavy atom. The molecule has 0 bridgehead atoms. The van der Waals surface area contributed by atoms with Gasteiger partial charge in [-0.2, -0.15) is 0 Å². The summed E-state index contributed by atoms with van der Waals surface area (Å²) in [5, 5.41) is 19.8. The molecule has 20 heavy (non-hydrogen) atoms. The Bertz CT molecular complexity index is 590. The molecule has 0 saturated heterocycles. The van der Waals surface area contributed by atoms with Gasteiger partial charge in [-0.05, 0) is 18.8 Å². The van der Waals surface area contributed by atoms with Gasteiger partial charge in [-0.3, -0.25) is 10.1 Å². The van der Waals surface area contributed by atoms with Crippen LogP contribution in [0.25, 0.3) is 0 Å². The van der Waals surface area contributed by atoms with Crippen molar-refractivity contribution in [1.82, 2.24) is 4.98 Å². The van der Waals surface area contributed by atoms with E-state index in [0.717, 1.165) is 19.0 Å². The third kappa shape index (κ3) is 3.03. The van der Waals surface area contributed by atoms with Gasteiger partial charge in [0.05, 0.1) is 11.5 Å². The van der Waals surface area contributed by atoms with Gasteiger partial charge in [0.15, 0.2) is 0 Å². The number of hydrogen-bond acceptors (Lipinski definition) is 5. The number of pyridine rings is 1. The largest absolute Gasteiger partial charge is 0.477 e. The molecule has 1 N–H and O–H groups in total. The normalized spacial score (nSPS) is 13.6. The highest BCUT2D eigenvalue weighted by Crippen LogP contribution is 2.31. The predicted octanol–water partition coefficient (Wildman–Crippen LogP) is 1.54. The molecule has 7 heteroatoms. The van der Waals surface area contributed by atoms with E-state index in [0.29, 0.717) is 24.8 Å². The molecule has 0 aromatic carbocycles. The van der Waals surface area contributed by atoms with Crippen LogP contribution in [0.3, 0.4) is 0 Å². The van der Waals surface area contributed by atoms with Crippen LogP contribution in [-0.2, 0) is 0 Å². The van der Waals surface area contributed by atoms with Gasteiger partial charge in [0.25, 0.3) is 0 Å². The number of carboxylic acid groups (broad SMARTS) is 1. The van der Waals surface area contributed by atoms with Crippen LogP contribution in [0, 0.1) is 28.4 Å². The lowest BCUT2D eigenvalue weighted by Crippen LogP contribution is -2.27. The fraction of sp³-hybridized carbons (Fsp3) is 0.385. The number of aromatic carboxylic acids is 1.